The van der Waals surface area contributed by atoms with Crippen molar-refractivity contribution in [2.75, 3.05) is 12.4 Å². The van der Waals surface area contributed by atoms with Crippen LogP contribution in [-0.2, 0) is 6.18 Å². The van der Waals surface area contributed by atoms with Gasteiger partial charge in [0.25, 0.3) is 5.91 Å². The zero-order valence-electron chi connectivity index (χ0n) is 17.6. The monoisotopic (exact) mass is 484 g/mol. The van der Waals surface area contributed by atoms with Crippen LogP contribution in [0.3, 0.4) is 0 Å². The van der Waals surface area contributed by atoms with E-state index in [1.165, 1.54) is 36.3 Å². The molecule has 0 spiro atoms. The summed E-state index contributed by atoms with van der Waals surface area (Å²) in [7, 11) is 1.34. The summed E-state index contributed by atoms with van der Waals surface area (Å²) in [5.41, 5.74) is -0.215. The normalized spacial score (nSPS) is 13.4. The van der Waals surface area contributed by atoms with Crippen molar-refractivity contribution in [1.29, 1.82) is 0 Å². The molecule has 1 saturated carbocycles. The molecule has 8 nitrogen and oxygen atoms in total. The van der Waals surface area contributed by atoms with E-state index in [-0.39, 0.29) is 27.6 Å². The maximum atomic E-state index is 13.4. The first kappa shape index (κ1) is 21.8. The van der Waals surface area contributed by atoms with E-state index in [0.29, 0.717) is 16.6 Å². The van der Waals surface area contributed by atoms with Gasteiger partial charge in [0.05, 0.1) is 18.2 Å². The third-order valence-electron chi connectivity index (χ3n) is 5.08. The van der Waals surface area contributed by atoms with Crippen LogP contribution < -0.4 is 10.1 Å². The molecule has 0 unspecified atom stereocenters. The third kappa shape index (κ3) is 4.42. The first-order valence-electron chi connectivity index (χ1n) is 10.1. The molecule has 1 fully saturated rings. The molecule has 0 bridgehead atoms. The van der Waals surface area contributed by atoms with Gasteiger partial charge in [-0.25, -0.2) is 9.50 Å². The number of amides is 1. The summed E-state index contributed by atoms with van der Waals surface area (Å²) in [6, 6.07) is 4.50. The predicted octanol–water partition coefficient (Wildman–Crippen LogP) is 4.29. The highest BCUT2D eigenvalue weighted by molar-refractivity contribution is 7.15. The number of nitrogens with zero attached hydrogens (tertiary/aromatic N) is 5. The van der Waals surface area contributed by atoms with Crippen molar-refractivity contribution in [2.24, 2.45) is 5.92 Å². The zero-order valence-corrected chi connectivity index (χ0v) is 18.4. The first-order valence-corrected chi connectivity index (χ1v) is 10.9. The van der Waals surface area contributed by atoms with Gasteiger partial charge < -0.3 is 4.74 Å². The van der Waals surface area contributed by atoms with E-state index in [4.69, 9.17) is 4.74 Å². The Labute approximate surface area is 194 Å². The number of hydrogen-bond donors (Lipinski definition) is 1. The predicted molar refractivity (Wildman–Crippen MR) is 117 cm³/mol. The number of rotatable bonds is 4. The lowest BCUT2D eigenvalue weighted by molar-refractivity contribution is -0.137. The molecule has 3 heterocycles. The SMILES string of the molecule is COc1ccc(C(F)(F)F)cc1-c1cn2ncnc2cc1C(=O)Nc1nnc(C#CC2CC2)s1. The van der Waals surface area contributed by atoms with Crippen LogP contribution in [0.1, 0.15) is 33.8 Å². The summed E-state index contributed by atoms with van der Waals surface area (Å²) in [6.07, 6.45) is 0.275. The fraction of sp³-hybridized carbons (Fsp3) is 0.227. The average Bonchev–Trinajstić information content (AvgIpc) is 3.35. The molecule has 12 heteroatoms. The van der Waals surface area contributed by atoms with Crippen molar-refractivity contribution in [3.05, 3.63) is 52.9 Å². The van der Waals surface area contributed by atoms with Crippen LogP contribution in [0.4, 0.5) is 18.3 Å². The highest BCUT2D eigenvalue weighted by Gasteiger charge is 2.32. The standard InChI is InChI=1S/C22H15F3N6O2S/c1-33-17-6-5-13(22(23,24)25)8-14(17)16-10-31-18(26-11-27-31)9-15(16)20(32)28-21-30-29-19(34-21)7-4-12-2-3-12/h5-6,8-12H,2-3H2,1H3,(H,28,30,32). The summed E-state index contributed by atoms with van der Waals surface area (Å²) in [5, 5.41) is 15.3. The topological polar surface area (TPSA) is 94.3 Å². The Morgan fingerprint density at radius 1 is 1.24 bits per heavy atom. The Morgan fingerprint density at radius 2 is 2.06 bits per heavy atom. The molecule has 172 valence electrons. The molecule has 3 aromatic heterocycles. The zero-order chi connectivity index (χ0) is 23.9. The van der Waals surface area contributed by atoms with E-state index in [1.54, 1.807) is 0 Å². The number of ether oxygens (including phenoxy) is 1. The van der Waals surface area contributed by atoms with Gasteiger partial charge in [0.2, 0.25) is 5.13 Å². The number of fused-ring (bicyclic) bond motifs is 1. The molecule has 4 aromatic rings. The number of anilines is 1. The summed E-state index contributed by atoms with van der Waals surface area (Å²) in [5.74, 6) is 5.96. The quantitative estimate of drug-likeness (QED) is 0.435. The Morgan fingerprint density at radius 3 is 2.79 bits per heavy atom. The van der Waals surface area contributed by atoms with Crippen molar-refractivity contribution in [1.82, 2.24) is 24.8 Å². The first-order chi connectivity index (χ1) is 16.3. The molecule has 34 heavy (non-hydrogen) atoms. The Hall–Kier alpha value is -3.98. The van der Waals surface area contributed by atoms with Crippen LogP contribution in [0.2, 0.25) is 0 Å². The van der Waals surface area contributed by atoms with E-state index in [1.807, 2.05) is 0 Å². The molecule has 1 aliphatic carbocycles. The fourth-order valence-electron chi connectivity index (χ4n) is 3.24. The van der Waals surface area contributed by atoms with E-state index in [2.05, 4.69) is 37.4 Å². The number of carbonyl (C=O) groups excluding carboxylic acids is 1. The minimum atomic E-state index is -4.58. The van der Waals surface area contributed by atoms with Crippen LogP contribution in [-0.4, -0.2) is 37.8 Å². The van der Waals surface area contributed by atoms with Crippen molar-refractivity contribution in [3.63, 3.8) is 0 Å². The van der Waals surface area contributed by atoms with Gasteiger partial charge in [-0.15, -0.1) is 10.2 Å². The molecule has 1 aliphatic rings. The van der Waals surface area contributed by atoms with Gasteiger partial charge in [-0.3, -0.25) is 10.1 Å². The molecule has 1 N–H and O–H groups in total. The highest BCUT2D eigenvalue weighted by Crippen LogP contribution is 2.38. The second-order valence-corrected chi connectivity index (χ2v) is 8.46. The minimum Gasteiger partial charge on any atom is -0.496 e. The van der Waals surface area contributed by atoms with Gasteiger partial charge in [-0.1, -0.05) is 17.3 Å². The molecular formula is C22H15F3N6O2S. The molecule has 0 radical (unpaired) electrons. The Kier molecular flexibility index (Phi) is 5.41. The lowest BCUT2D eigenvalue weighted by Gasteiger charge is -2.15. The maximum Gasteiger partial charge on any atom is 0.416 e. The van der Waals surface area contributed by atoms with Gasteiger partial charge in [0.15, 0.2) is 10.7 Å². The van der Waals surface area contributed by atoms with E-state index >= 15 is 0 Å². The van der Waals surface area contributed by atoms with Crippen LogP contribution in [0.15, 0.2) is 36.8 Å². The maximum absolute atomic E-state index is 13.4. The minimum absolute atomic E-state index is 0.0685. The van der Waals surface area contributed by atoms with Gasteiger partial charge in [0, 0.05) is 23.2 Å². The van der Waals surface area contributed by atoms with Gasteiger partial charge in [0.1, 0.15) is 12.1 Å². The highest BCUT2D eigenvalue weighted by atomic mass is 32.1. The van der Waals surface area contributed by atoms with Gasteiger partial charge in [-0.2, -0.15) is 18.3 Å². The van der Waals surface area contributed by atoms with E-state index in [0.717, 1.165) is 36.3 Å². The van der Waals surface area contributed by atoms with Gasteiger partial charge in [-0.05, 0) is 43.0 Å². The number of pyridine rings is 1. The van der Waals surface area contributed by atoms with Gasteiger partial charge >= 0.3 is 6.18 Å². The number of hydrogen-bond acceptors (Lipinski definition) is 7. The number of methoxy groups -OCH3 is 1. The van der Waals surface area contributed by atoms with Crippen LogP contribution in [0.5, 0.6) is 5.75 Å². The molecule has 1 aromatic carbocycles. The van der Waals surface area contributed by atoms with Crippen molar-refractivity contribution >= 4 is 28.0 Å². The number of aromatic nitrogens is 5. The molecule has 0 saturated heterocycles. The molecule has 5 rings (SSSR count). The van der Waals surface area contributed by atoms with E-state index in [9.17, 15) is 18.0 Å². The Balaban J connectivity index is 1.56. The van der Waals surface area contributed by atoms with Crippen molar-refractivity contribution in [2.45, 2.75) is 19.0 Å². The lowest BCUT2D eigenvalue weighted by Crippen LogP contribution is -2.14. The molecule has 0 atom stereocenters. The van der Waals surface area contributed by atoms with Crippen LogP contribution in [0.25, 0.3) is 16.8 Å². The summed E-state index contributed by atoms with van der Waals surface area (Å²) < 4.78 is 46.9. The largest absolute Gasteiger partial charge is 0.496 e. The lowest BCUT2D eigenvalue weighted by atomic mass is 9.98. The summed E-state index contributed by atoms with van der Waals surface area (Å²) >= 11 is 1.11. The number of benzene rings is 1. The summed E-state index contributed by atoms with van der Waals surface area (Å²) in [4.78, 5) is 17.3. The molecular weight excluding hydrogens is 469 g/mol. The molecule has 0 aliphatic heterocycles. The van der Waals surface area contributed by atoms with Crippen molar-refractivity contribution < 1.29 is 22.7 Å². The Bertz CT molecular complexity index is 1460. The smallest absolute Gasteiger partial charge is 0.416 e. The second-order valence-electron chi connectivity index (χ2n) is 7.49. The number of nitrogens with one attached hydrogen (secondary N) is 1. The van der Waals surface area contributed by atoms with E-state index < -0.39 is 17.6 Å². The number of alkyl halides is 3. The summed E-state index contributed by atoms with van der Waals surface area (Å²) in [6.45, 7) is 0. The number of halogens is 3. The molecule has 1 amide bonds. The van der Waals surface area contributed by atoms with Crippen molar-refractivity contribution in [3.8, 4) is 28.7 Å². The number of carbonyl (C=O) groups is 1. The average molecular weight is 484 g/mol. The van der Waals surface area contributed by atoms with Crippen LogP contribution >= 0.6 is 11.3 Å². The third-order valence-corrected chi connectivity index (χ3v) is 5.84. The van der Waals surface area contributed by atoms with Crippen LogP contribution in [0, 0.1) is 17.8 Å². The fourth-order valence-corrected chi connectivity index (χ4v) is 3.84. The second kappa shape index (κ2) is 8.42.